The third-order valence-corrected chi connectivity index (χ3v) is 3.85. The number of hydrogen-bond acceptors (Lipinski definition) is 3. The van der Waals surface area contributed by atoms with Gasteiger partial charge in [0.25, 0.3) is 0 Å². The summed E-state index contributed by atoms with van der Waals surface area (Å²) in [6, 6.07) is 13.7. The molecular weight excluding hydrogens is 361 g/mol. The lowest BCUT2D eigenvalue weighted by Crippen LogP contribution is -2.18. The van der Waals surface area contributed by atoms with Gasteiger partial charge in [0.05, 0.1) is 5.69 Å². The molecule has 1 heterocycles. The summed E-state index contributed by atoms with van der Waals surface area (Å²) in [5, 5.41) is 15.5. The standard InChI is InChI=1S/C18H13ClFN3O3/c19-12-4-6-14(7-5-12)23-9-8-15(24)17(22-23)16(20)11-2-1-3-13(10-11)21-18(25)26/h1-10,16,21H,(H,25,26). The molecule has 0 aliphatic rings. The molecule has 6 nitrogen and oxygen atoms in total. The monoisotopic (exact) mass is 373 g/mol. The Bertz CT molecular complexity index is 1010. The van der Waals surface area contributed by atoms with Crippen LogP contribution in [0.3, 0.4) is 0 Å². The van der Waals surface area contributed by atoms with Gasteiger partial charge in [0.2, 0.25) is 5.43 Å². The zero-order valence-electron chi connectivity index (χ0n) is 13.3. The van der Waals surface area contributed by atoms with E-state index in [2.05, 4.69) is 10.4 Å². The second-order valence-electron chi connectivity index (χ2n) is 5.40. The summed E-state index contributed by atoms with van der Waals surface area (Å²) in [6.07, 6.45) is -1.64. The van der Waals surface area contributed by atoms with Gasteiger partial charge in [-0.05, 0) is 42.0 Å². The Hall–Kier alpha value is -3.19. The third-order valence-electron chi connectivity index (χ3n) is 3.60. The Morgan fingerprint density at radius 2 is 1.92 bits per heavy atom. The Labute approximate surface area is 152 Å². The van der Waals surface area contributed by atoms with Crippen molar-refractivity contribution in [2.24, 2.45) is 0 Å². The van der Waals surface area contributed by atoms with Crippen molar-refractivity contribution in [3.05, 3.63) is 87.3 Å². The first-order valence-electron chi connectivity index (χ1n) is 7.54. The van der Waals surface area contributed by atoms with Crippen molar-refractivity contribution in [2.75, 3.05) is 5.32 Å². The molecule has 1 unspecified atom stereocenters. The van der Waals surface area contributed by atoms with E-state index in [1.165, 1.54) is 41.2 Å². The quantitative estimate of drug-likeness (QED) is 0.723. The number of anilines is 1. The van der Waals surface area contributed by atoms with Gasteiger partial charge >= 0.3 is 6.09 Å². The fourth-order valence-electron chi connectivity index (χ4n) is 2.39. The summed E-state index contributed by atoms with van der Waals surface area (Å²) in [5.41, 5.74) is 0.0830. The molecule has 2 aromatic carbocycles. The molecule has 0 aliphatic heterocycles. The number of alkyl halides is 1. The largest absolute Gasteiger partial charge is 0.465 e. The second kappa shape index (κ2) is 7.37. The van der Waals surface area contributed by atoms with E-state index in [4.69, 9.17) is 16.7 Å². The SMILES string of the molecule is O=C(O)Nc1cccc(C(F)c2nn(-c3ccc(Cl)cc3)ccc2=O)c1. The molecular formula is C18H13ClFN3O3. The predicted molar refractivity (Wildman–Crippen MR) is 95.9 cm³/mol. The molecule has 0 saturated heterocycles. The third kappa shape index (κ3) is 3.89. The number of halogens is 2. The molecule has 2 N–H and O–H groups in total. The molecule has 3 rings (SSSR count). The van der Waals surface area contributed by atoms with Gasteiger partial charge in [-0.15, -0.1) is 0 Å². The molecule has 1 atom stereocenters. The number of hydrogen-bond donors (Lipinski definition) is 2. The van der Waals surface area contributed by atoms with E-state index in [0.717, 1.165) is 0 Å². The van der Waals surface area contributed by atoms with Gasteiger partial charge in [0.15, 0.2) is 6.17 Å². The summed E-state index contributed by atoms with van der Waals surface area (Å²) in [5.74, 6) is 0. The highest BCUT2D eigenvalue weighted by molar-refractivity contribution is 6.30. The van der Waals surface area contributed by atoms with Crippen LogP contribution in [0.15, 0.2) is 65.6 Å². The first-order chi connectivity index (χ1) is 12.4. The molecule has 132 valence electrons. The van der Waals surface area contributed by atoms with E-state index in [-0.39, 0.29) is 16.9 Å². The summed E-state index contributed by atoms with van der Waals surface area (Å²) in [6.45, 7) is 0. The average molecular weight is 374 g/mol. The number of amides is 1. The van der Waals surface area contributed by atoms with E-state index in [1.807, 2.05) is 0 Å². The van der Waals surface area contributed by atoms with Crippen molar-refractivity contribution in [2.45, 2.75) is 6.17 Å². The lowest BCUT2D eigenvalue weighted by atomic mass is 10.1. The van der Waals surface area contributed by atoms with Crippen LogP contribution in [0.5, 0.6) is 0 Å². The Balaban J connectivity index is 1.98. The van der Waals surface area contributed by atoms with Gasteiger partial charge in [0.1, 0.15) is 5.69 Å². The normalized spacial score (nSPS) is 11.8. The minimum absolute atomic E-state index is 0.120. The Morgan fingerprint density at radius 1 is 1.19 bits per heavy atom. The van der Waals surface area contributed by atoms with Crippen molar-refractivity contribution in [3.8, 4) is 5.69 Å². The van der Waals surface area contributed by atoms with Gasteiger partial charge in [-0.25, -0.2) is 13.9 Å². The van der Waals surface area contributed by atoms with Gasteiger partial charge in [0, 0.05) is 23.0 Å². The molecule has 0 aliphatic carbocycles. The maximum Gasteiger partial charge on any atom is 0.409 e. The van der Waals surface area contributed by atoms with Crippen LogP contribution in [0.2, 0.25) is 5.02 Å². The summed E-state index contributed by atoms with van der Waals surface area (Å²) >= 11 is 5.85. The van der Waals surface area contributed by atoms with E-state index >= 15 is 0 Å². The summed E-state index contributed by atoms with van der Waals surface area (Å²) < 4.78 is 16.3. The highest BCUT2D eigenvalue weighted by Crippen LogP contribution is 2.25. The molecule has 26 heavy (non-hydrogen) atoms. The van der Waals surface area contributed by atoms with E-state index in [0.29, 0.717) is 10.7 Å². The van der Waals surface area contributed by atoms with E-state index < -0.39 is 17.7 Å². The molecule has 1 aromatic heterocycles. The number of carboxylic acid groups (broad SMARTS) is 1. The van der Waals surface area contributed by atoms with Crippen LogP contribution in [-0.4, -0.2) is 21.0 Å². The maximum absolute atomic E-state index is 14.9. The molecule has 8 heteroatoms. The predicted octanol–water partition coefficient (Wildman–Crippen LogP) is 4.03. The van der Waals surface area contributed by atoms with Crippen LogP contribution in [0, 0.1) is 0 Å². The number of benzene rings is 2. The number of aromatic nitrogens is 2. The summed E-state index contributed by atoms with van der Waals surface area (Å²) in [4.78, 5) is 22.8. The summed E-state index contributed by atoms with van der Waals surface area (Å²) in [7, 11) is 0. The molecule has 0 bridgehead atoms. The number of nitrogens with zero attached hydrogens (tertiary/aromatic N) is 2. The molecule has 0 fully saturated rings. The van der Waals surface area contributed by atoms with Crippen LogP contribution in [0.1, 0.15) is 17.4 Å². The second-order valence-corrected chi connectivity index (χ2v) is 5.84. The Morgan fingerprint density at radius 3 is 2.62 bits per heavy atom. The lowest BCUT2D eigenvalue weighted by Gasteiger charge is -2.12. The van der Waals surface area contributed by atoms with Crippen LogP contribution in [0.4, 0.5) is 14.9 Å². The zero-order valence-corrected chi connectivity index (χ0v) is 14.0. The lowest BCUT2D eigenvalue weighted by molar-refractivity contribution is 0.209. The van der Waals surface area contributed by atoms with Gasteiger partial charge in [-0.2, -0.15) is 5.10 Å². The fourth-order valence-corrected chi connectivity index (χ4v) is 2.52. The van der Waals surface area contributed by atoms with Crippen molar-refractivity contribution in [1.29, 1.82) is 0 Å². The highest BCUT2D eigenvalue weighted by Gasteiger charge is 2.19. The van der Waals surface area contributed by atoms with Crippen molar-refractivity contribution >= 4 is 23.4 Å². The van der Waals surface area contributed by atoms with Crippen molar-refractivity contribution < 1.29 is 14.3 Å². The van der Waals surface area contributed by atoms with Crippen molar-refractivity contribution in [3.63, 3.8) is 0 Å². The zero-order chi connectivity index (χ0) is 18.7. The van der Waals surface area contributed by atoms with Crippen LogP contribution >= 0.6 is 11.6 Å². The number of rotatable bonds is 4. The smallest absolute Gasteiger partial charge is 0.409 e. The maximum atomic E-state index is 14.9. The molecule has 0 radical (unpaired) electrons. The molecule has 1 amide bonds. The fraction of sp³-hybridized carbons (Fsp3) is 0.0556. The first-order valence-corrected chi connectivity index (χ1v) is 7.91. The van der Waals surface area contributed by atoms with Gasteiger partial charge in [-0.3, -0.25) is 10.1 Å². The van der Waals surface area contributed by atoms with E-state index in [9.17, 15) is 14.0 Å². The van der Waals surface area contributed by atoms with Crippen molar-refractivity contribution in [1.82, 2.24) is 9.78 Å². The minimum atomic E-state index is -1.81. The first kappa shape index (κ1) is 17.6. The van der Waals surface area contributed by atoms with Crippen LogP contribution < -0.4 is 10.7 Å². The average Bonchev–Trinajstić information content (AvgIpc) is 2.62. The number of carbonyl (C=O) groups is 1. The van der Waals surface area contributed by atoms with Gasteiger partial charge in [-0.1, -0.05) is 23.7 Å². The van der Waals surface area contributed by atoms with Crippen LogP contribution in [-0.2, 0) is 0 Å². The molecule has 3 aromatic rings. The topological polar surface area (TPSA) is 84.2 Å². The van der Waals surface area contributed by atoms with E-state index in [1.54, 1.807) is 24.3 Å². The van der Waals surface area contributed by atoms with Crippen LogP contribution in [0.25, 0.3) is 5.69 Å². The number of nitrogens with one attached hydrogen (secondary N) is 1. The Kier molecular flexibility index (Phi) is 4.99. The minimum Gasteiger partial charge on any atom is -0.465 e. The highest BCUT2D eigenvalue weighted by atomic mass is 35.5. The molecule has 0 saturated carbocycles. The molecule has 0 spiro atoms. The van der Waals surface area contributed by atoms with Gasteiger partial charge < -0.3 is 5.11 Å².